The summed E-state index contributed by atoms with van der Waals surface area (Å²) in [4.78, 5) is 0. The highest BCUT2D eigenvalue weighted by molar-refractivity contribution is 9.10. The van der Waals surface area contributed by atoms with Crippen LogP contribution in [0.4, 0.5) is 0 Å². The molecule has 0 unspecified atom stereocenters. The number of hydrogen-bond acceptors (Lipinski definition) is 2. The van der Waals surface area contributed by atoms with Crippen molar-refractivity contribution in [3.63, 3.8) is 0 Å². The summed E-state index contributed by atoms with van der Waals surface area (Å²) < 4.78 is 6.60. The second kappa shape index (κ2) is 6.03. The molecule has 2 nitrogen and oxygen atoms in total. The Bertz CT molecular complexity index is 509. The molecule has 2 rings (SSSR count). The number of hydrogen-bond donors (Lipinski definition) is 1. The summed E-state index contributed by atoms with van der Waals surface area (Å²) in [7, 11) is 0. The van der Waals surface area contributed by atoms with E-state index >= 15 is 0 Å². The van der Waals surface area contributed by atoms with Gasteiger partial charge < -0.3 is 9.84 Å². The number of aliphatic hydroxyl groups is 1. The average Bonchev–Trinajstić information content (AvgIpc) is 2.38. The summed E-state index contributed by atoms with van der Waals surface area (Å²) in [5, 5.41) is 9.63. The fourth-order valence-electron chi connectivity index (χ4n) is 1.67. The molecule has 0 aliphatic carbocycles. The maximum atomic E-state index is 9.63. The molecule has 0 aliphatic rings. The predicted molar refractivity (Wildman–Crippen MR) is 75.5 cm³/mol. The van der Waals surface area contributed by atoms with Gasteiger partial charge in [0.15, 0.2) is 0 Å². The molecule has 3 heteroatoms. The van der Waals surface area contributed by atoms with Gasteiger partial charge in [-0.1, -0.05) is 46.3 Å². The normalized spacial score (nSPS) is 12.2. The van der Waals surface area contributed by atoms with Crippen LogP contribution < -0.4 is 4.74 Å². The zero-order valence-electron chi connectivity index (χ0n) is 10.1. The molecule has 18 heavy (non-hydrogen) atoms. The Labute approximate surface area is 115 Å². The third kappa shape index (κ3) is 3.34. The van der Waals surface area contributed by atoms with E-state index in [0.717, 1.165) is 21.3 Å². The number of benzene rings is 2. The molecule has 0 spiro atoms. The van der Waals surface area contributed by atoms with Gasteiger partial charge in [0.2, 0.25) is 0 Å². The van der Waals surface area contributed by atoms with Crippen LogP contribution >= 0.6 is 15.9 Å². The molecule has 0 aromatic heterocycles. The van der Waals surface area contributed by atoms with Crippen molar-refractivity contribution in [3.05, 3.63) is 64.1 Å². The third-order valence-corrected chi connectivity index (χ3v) is 3.39. The molecule has 0 bridgehead atoms. The lowest BCUT2D eigenvalue weighted by Crippen LogP contribution is -1.98. The van der Waals surface area contributed by atoms with Crippen LogP contribution in [0.2, 0.25) is 0 Å². The Kier molecular flexibility index (Phi) is 4.39. The Morgan fingerprint density at radius 2 is 1.89 bits per heavy atom. The van der Waals surface area contributed by atoms with Gasteiger partial charge in [0.05, 0.1) is 6.10 Å². The summed E-state index contributed by atoms with van der Waals surface area (Å²) in [6, 6.07) is 15.6. The second-order valence-electron chi connectivity index (χ2n) is 4.13. The van der Waals surface area contributed by atoms with Crippen LogP contribution in [0.1, 0.15) is 24.2 Å². The maximum absolute atomic E-state index is 9.63. The van der Waals surface area contributed by atoms with E-state index in [1.54, 1.807) is 6.92 Å². The van der Waals surface area contributed by atoms with Crippen molar-refractivity contribution in [1.29, 1.82) is 0 Å². The molecule has 0 amide bonds. The fraction of sp³-hybridized carbons (Fsp3) is 0.200. The number of halogens is 1. The van der Waals surface area contributed by atoms with Crippen molar-refractivity contribution in [2.75, 3.05) is 0 Å². The van der Waals surface area contributed by atoms with Crippen LogP contribution in [0.25, 0.3) is 0 Å². The van der Waals surface area contributed by atoms with Gasteiger partial charge in [-0.15, -0.1) is 0 Å². The zero-order chi connectivity index (χ0) is 13.0. The van der Waals surface area contributed by atoms with Crippen LogP contribution in [-0.4, -0.2) is 5.11 Å². The van der Waals surface area contributed by atoms with Crippen LogP contribution in [-0.2, 0) is 6.61 Å². The molecule has 0 radical (unpaired) electrons. The number of aliphatic hydroxyl groups excluding tert-OH is 1. The predicted octanol–water partition coefficient (Wildman–Crippen LogP) is 4.08. The first-order chi connectivity index (χ1) is 8.66. The van der Waals surface area contributed by atoms with Gasteiger partial charge >= 0.3 is 0 Å². The first kappa shape index (κ1) is 13.1. The summed E-state index contributed by atoms with van der Waals surface area (Å²) in [5.41, 5.74) is 1.96. The topological polar surface area (TPSA) is 29.5 Å². The quantitative estimate of drug-likeness (QED) is 0.922. The van der Waals surface area contributed by atoms with E-state index in [9.17, 15) is 5.11 Å². The van der Waals surface area contributed by atoms with E-state index in [1.807, 2.05) is 48.5 Å². The van der Waals surface area contributed by atoms with E-state index in [4.69, 9.17) is 4.74 Å². The number of ether oxygens (including phenoxy) is 1. The Balaban J connectivity index is 2.08. The standard InChI is InChI=1S/C15H15BrO2/c1-11(17)14-9-13(7-8-15(14)16)18-10-12-5-3-2-4-6-12/h2-9,11,17H,10H2,1H3/t11-/m0/s1. The molecule has 2 aromatic rings. The van der Waals surface area contributed by atoms with Gasteiger partial charge in [0.1, 0.15) is 12.4 Å². The summed E-state index contributed by atoms with van der Waals surface area (Å²) in [5.74, 6) is 0.762. The zero-order valence-corrected chi connectivity index (χ0v) is 11.7. The first-order valence-electron chi connectivity index (χ1n) is 5.81. The highest BCUT2D eigenvalue weighted by Gasteiger charge is 2.07. The minimum Gasteiger partial charge on any atom is -0.489 e. The molecular weight excluding hydrogens is 292 g/mol. The monoisotopic (exact) mass is 306 g/mol. The molecule has 94 valence electrons. The van der Waals surface area contributed by atoms with Crippen molar-refractivity contribution < 1.29 is 9.84 Å². The molecule has 2 aromatic carbocycles. The molecule has 0 saturated heterocycles. The molecule has 0 saturated carbocycles. The van der Waals surface area contributed by atoms with E-state index in [2.05, 4.69) is 15.9 Å². The summed E-state index contributed by atoms with van der Waals surface area (Å²) >= 11 is 3.41. The molecular formula is C15H15BrO2. The Hall–Kier alpha value is -1.32. The smallest absolute Gasteiger partial charge is 0.120 e. The van der Waals surface area contributed by atoms with Gasteiger partial charge in [0, 0.05) is 4.47 Å². The molecule has 1 atom stereocenters. The highest BCUT2D eigenvalue weighted by Crippen LogP contribution is 2.27. The van der Waals surface area contributed by atoms with E-state index in [0.29, 0.717) is 6.61 Å². The van der Waals surface area contributed by atoms with Gasteiger partial charge in [-0.25, -0.2) is 0 Å². The minimum absolute atomic E-state index is 0.514. The van der Waals surface area contributed by atoms with Crippen LogP contribution in [0.3, 0.4) is 0 Å². The van der Waals surface area contributed by atoms with Crippen molar-refractivity contribution in [2.24, 2.45) is 0 Å². The molecule has 1 N–H and O–H groups in total. The second-order valence-corrected chi connectivity index (χ2v) is 4.99. The Morgan fingerprint density at radius 1 is 1.17 bits per heavy atom. The lowest BCUT2D eigenvalue weighted by atomic mass is 10.1. The van der Waals surface area contributed by atoms with E-state index < -0.39 is 6.10 Å². The summed E-state index contributed by atoms with van der Waals surface area (Å²) in [6.45, 7) is 2.27. The van der Waals surface area contributed by atoms with Gasteiger partial charge in [-0.05, 0) is 36.2 Å². The lowest BCUT2D eigenvalue weighted by molar-refractivity contribution is 0.197. The molecule has 0 heterocycles. The minimum atomic E-state index is -0.514. The molecule has 0 aliphatic heterocycles. The van der Waals surface area contributed by atoms with Crippen molar-refractivity contribution in [1.82, 2.24) is 0 Å². The van der Waals surface area contributed by atoms with Gasteiger partial charge in [0.25, 0.3) is 0 Å². The lowest BCUT2D eigenvalue weighted by Gasteiger charge is -2.11. The molecule has 0 fully saturated rings. The van der Waals surface area contributed by atoms with Gasteiger partial charge in [-0.3, -0.25) is 0 Å². The van der Waals surface area contributed by atoms with Crippen LogP contribution in [0.15, 0.2) is 53.0 Å². The summed E-state index contributed by atoms with van der Waals surface area (Å²) in [6.07, 6.45) is -0.514. The SMILES string of the molecule is C[C@H](O)c1cc(OCc2ccccc2)ccc1Br. The Morgan fingerprint density at radius 3 is 2.56 bits per heavy atom. The van der Waals surface area contributed by atoms with Crippen molar-refractivity contribution in [3.8, 4) is 5.75 Å². The van der Waals surface area contributed by atoms with Crippen LogP contribution in [0, 0.1) is 0 Å². The third-order valence-electron chi connectivity index (χ3n) is 2.67. The van der Waals surface area contributed by atoms with Crippen LogP contribution in [0.5, 0.6) is 5.75 Å². The van der Waals surface area contributed by atoms with Gasteiger partial charge in [-0.2, -0.15) is 0 Å². The maximum Gasteiger partial charge on any atom is 0.120 e. The first-order valence-corrected chi connectivity index (χ1v) is 6.60. The highest BCUT2D eigenvalue weighted by atomic mass is 79.9. The average molecular weight is 307 g/mol. The van der Waals surface area contributed by atoms with Crippen molar-refractivity contribution in [2.45, 2.75) is 19.6 Å². The van der Waals surface area contributed by atoms with Crippen molar-refractivity contribution >= 4 is 15.9 Å². The number of rotatable bonds is 4. The van der Waals surface area contributed by atoms with E-state index in [1.165, 1.54) is 0 Å². The largest absolute Gasteiger partial charge is 0.489 e. The van der Waals surface area contributed by atoms with E-state index in [-0.39, 0.29) is 0 Å². The fourth-order valence-corrected chi connectivity index (χ4v) is 2.25.